The summed E-state index contributed by atoms with van der Waals surface area (Å²) in [5.41, 5.74) is 1.13. The highest BCUT2D eigenvalue weighted by atomic mass is 35.5. The van der Waals surface area contributed by atoms with Crippen LogP contribution in [0, 0.1) is 0 Å². The Kier molecular flexibility index (Phi) is 8.02. The first-order valence-corrected chi connectivity index (χ1v) is 7.25. The molecule has 3 rings (SSSR count). The van der Waals surface area contributed by atoms with Crippen molar-refractivity contribution < 1.29 is 4.79 Å². The summed E-state index contributed by atoms with van der Waals surface area (Å²) in [6.07, 6.45) is 8.12. The molecule has 1 fully saturated rings. The van der Waals surface area contributed by atoms with Crippen LogP contribution >= 0.6 is 24.8 Å². The zero-order chi connectivity index (χ0) is 14.5. The lowest BCUT2D eigenvalue weighted by molar-refractivity contribution is -0.116. The largest absolute Gasteiger partial charge is 0.313 e. The third kappa shape index (κ3) is 5.82. The minimum Gasteiger partial charge on any atom is -0.313 e. The molecule has 1 saturated heterocycles. The Morgan fingerprint density at radius 3 is 2.78 bits per heavy atom. The van der Waals surface area contributed by atoms with Gasteiger partial charge in [0, 0.05) is 37.1 Å². The fourth-order valence-electron chi connectivity index (χ4n) is 2.54. The Morgan fingerprint density at radius 2 is 2.09 bits per heavy atom. The molecule has 2 N–H and O–H groups in total. The van der Waals surface area contributed by atoms with E-state index in [1.54, 1.807) is 17.1 Å². The third-order valence-electron chi connectivity index (χ3n) is 3.60. The number of nitrogens with one attached hydrogen (secondary N) is 2. The highest BCUT2D eigenvalue weighted by Crippen LogP contribution is 2.11. The van der Waals surface area contributed by atoms with Crippen molar-refractivity contribution >= 4 is 36.5 Å². The van der Waals surface area contributed by atoms with Gasteiger partial charge in [-0.3, -0.25) is 14.5 Å². The number of anilines is 1. The van der Waals surface area contributed by atoms with Crippen LogP contribution in [0.5, 0.6) is 0 Å². The quantitative estimate of drug-likeness (QED) is 0.860. The average Bonchev–Trinajstić information content (AvgIpc) is 3.12. The second-order valence-electron chi connectivity index (χ2n) is 5.30. The minimum atomic E-state index is 0. The van der Waals surface area contributed by atoms with Crippen LogP contribution in [-0.4, -0.2) is 33.3 Å². The Balaban J connectivity index is 0.00000132. The van der Waals surface area contributed by atoms with E-state index in [4.69, 9.17) is 0 Å². The van der Waals surface area contributed by atoms with Crippen molar-refractivity contribution in [1.29, 1.82) is 0 Å². The molecule has 126 valence electrons. The summed E-state index contributed by atoms with van der Waals surface area (Å²) in [4.78, 5) is 15.9. The number of pyridine rings is 1. The van der Waals surface area contributed by atoms with Gasteiger partial charge >= 0.3 is 0 Å². The van der Waals surface area contributed by atoms with E-state index in [0.29, 0.717) is 24.8 Å². The van der Waals surface area contributed by atoms with Gasteiger partial charge in [-0.1, -0.05) is 0 Å². The lowest BCUT2D eigenvalue weighted by Gasteiger charge is -2.08. The first kappa shape index (κ1) is 19.4. The topological polar surface area (TPSA) is 71.8 Å². The fraction of sp³-hybridized carbons (Fsp3) is 0.400. The van der Waals surface area contributed by atoms with Crippen LogP contribution in [0.3, 0.4) is 0 Å². The second-order valence-corrected chi connectivity index (χ2v) is 5.30. The number of halogens is 2. The van der Waals surface area contributed by atoms with E-state index in [1.165, 1.54) is 0 Å². The van der Waals surface area contributed by atoms with Crippen molar-refractivity contribution in [3.05, 3.63) is 42.4 Å². The maximum atomic E-state index is 11.9. The maximum absolute atomic E-state index is 11.9. The maximum Gasteiger partial charge on any atom is 0.227 e. The molecule has 0 spiro atoms. The predicted octanol–water partition coefficient (Wildman–Crippen LogP) is 2.25. The molecule has 2 aromatic heterocycles. The van der Waals surface area contributed by atoms with E-state index in [-0.39, 0.29) is 30.7 Å². The third-order valence-corrected chi connectivity index (χ3v) is 3.60. The Morgan fingerprint density at radius 1 is 1.30 bits per heavy atom. The molecular formula is C15H21Cl2N5O. The summed E-state index contributed by atoms with van der Waals surface area (Å²) in [5, 5.41) is 10.5. The zero-order valence-electron chi connectivity index (χ0n) is 12.6. The zero-order valence-corrected chi connectivity index (χ0v) is 14.3. The van der Waals surface area contributed by atoms with Crippen LogP contribution in [-0.2, 0) is 11.3 Å². The second kappa shape index (κ2) is 9.50. The number of carbonyl (C=O) groups excluding carboxylic acids is 1. The molecule has 1 aliphatic heterocycles. The van der Waals surface area contributed by atoms with Gasteiger partial charge in [-0.25, -0.2) is 0 Å². The first-order valence-electron chi connectivity index (χ1n) is 7.25. The van der Waals surface area contributed by atoms with Gasteiger partial charge in [0.1, 0.15) is 0 Å². The van der Waals surface area contributed by atoms with Crippen molar-refractivity contribution in [2.24, 2.45) is 0 Å². The first-order chi connectivity index (χ1) is 10.3. The van der Waals surface area contributed by atoms with Gasteiger partial charge in [-0.2, -0.15) is 5.10 Å². The van der Waals surface area contributed by atoms with Crippen molar-refractivity contribution in [3.8, 4) is 0 Å². The van der Waals surface area contributed by atoms with Crippen molar-refractivity contribution in [3.63, 3.8) is 0 Å². The molecule has 1 aliphatic rings. The average molecular weight is 358 g/mol. The molecule has 0 aliphatic carbocycles. The van der Waals surface area contributed by atoms with Crippen molar-refractivity contribution in [2.75, 3.05) is 11.9 Å². The molecule has 1 unspecified atom stereocenters. The summed E-state index contributed by atoms with van der Waals surface area (Å²) < 4.78 is 1.80. The van der Waals surface area contributed by atoms with Gasteiger partial charge in [-0.05, 0) is 37.1 Å². The van der Waals surface area contributed by atoms with Crippen LogP contribution in [0.25, 0.3) is 0 Å². The SMILES string of the molecule is Cl.Cl.O=C(CC1CCCN1)Nc1ccn(Cc2ccncc2)n1. The summed E-state index contributed by atoms with van der Waals surface area (Å²) in [7, 11) is 0. The molecule has 8 heteroatoms. The lowest BCUT2D eigenvalue weighted by atomic mass is 10.1. The number of aromatic nitrogens is 3. The fourth-order valence-corrected chi connectivity index (χ4v) is 2.54. The Labute approximate surface area is 147 Å². The number of hydrogen-bond acceptors (Lipinski definition) is 4. The van der Waals surface area contributed by atoms with E-state index in [2.05, 4.69) is 20.7 Å². The molecule has 0 radical (unpaired) electrons. The van der Waals surface area contributed by atoms with E-state index >= 15 is 0 Å². The normalized spacial score (nSPS) is 16.3. The van der Waals surface area contributed by atoms with Crippen LogP contribution in [0.2, 0.25) is 0 Å². The lowest BCUT2D eigenvalue weighted by Crippen LogP contribution is -2.27. The van der Waals surface area contributed by atoms with E-state index in [9.17, 15) is 4.79 Å². The van der Waals surface area contributed by atoms with Gasteiger partial charge in [0.2, 0.25) is 5.91 Å². The molecule has 0 aromatic carbocycles. The molecule has 6 nitrogen and oxygen atoms in total. The summed E-state index contributed by atoms with van der Waals surface area (Å²) in [5.74, 6) is 0.621. The van der Waals surface area contributed by atoms with Crippen molar-refractivity contribution in [2.45, 2.75) is 31.8 Å². The van der Waals surface area contributed by atoms with Gasteiger partial charge in [0.25, 0.3) is 0 Å². The highest BCUT2D eigenvalue weighted by Gasteiger charge is 2.18. The molecule has 3 heterocycles. The van der Waals surface area contributed by atoms with E-state index in [0.717, 1.165) is 24.9 Å². The van der Waals surface area contributed by atoms with E-state index < -0.39 is 0 Å². The number of carbonyl (C=O) groups is 1. The summed E-state index contributed by atoms with van der Waals surface area (Å²) in [6.45, 7) is 1.68. The van der Waals surface area contributed by atoms with E-state index in [1.807, 2.05) is 24.4 Å². The molecule has 0 bridgehead atoms. The Bertz CT molecular complexity index is 599. The molecule has 2 aromatic rings. The van der Waals surface area contributed by atoms with Gasteiger partial charge < -0.3 is 10.6 Å². The predicted molar refractivity (Wildman–Crippen MR) is 94.3 cm³/mol. The summed E-state index contributed by atoms with van der Waals surface area (Å²) in [6, 6.07) is 6.03. The standard InChI is InChI=1S/C15H19N5O.2ClH/c21-15(10-13-2-1-6-17-13)18-14-5-9-20(19-14)11-12-3-7-16-8-4-12;;/h3-5,7-9,13,17H,1-2,6,10-11H2,(H,18,19,21);2*1H. The van der Waals surface area contributed by atoms with Crippen LogP contribution < -0.4 is 10.6 Å². The Hall–Kier alpha value is -1.63. The van der Waals surface area contributed by atoms with Gasteiger partial charge in [-0.15, -0.1) is 24.8 Å². The monoisotopic (exact) mass is 357 g/mol. The van der Waals surface area contributed by atoms with Crippen LogP contribution in [0.1, 0.15) is 24.8 Å². The number of hydrogen-bond donors (Lipinski definition) is 2. The van der Waals surface area contributed by atoms with Crippen LogP contribution in [0.15, 0.2) is 36.8 Å². The number of amides is 1. The van der Waals surface area contributed by atoms with Crippen LogP contribution in [0.4, 0.5) is 5.82 Å². The molecule has 1 amide bonds. The molecule has 0 saturated carbocycles. The number of rotatable bonds is 5. The van der Waals surface area contributed by atoms with Gasteiger partial charge in [0.15, 0.2) is 5.82 Å². The molecule has 1 atom stereocenters. The highest BCUT2D eigenvalue weighted by molar-refractivity contribution is 5.90. The van der Waals surface area contributed by atoms with Crippen molar-refractivity contribution in [1.82, 2.24) is 20.1 Å². The number of nitrogens with zero attached hydrogens (tertiary/aromatic N) is 3. The summed E-state index contributed by atoms with van der Waals surface area (Å²) >= 11 is 0. The smallest absolute Gasteiger partial charge is 0.227 e. The molecular weight excluding hydrogens is 337 g/mol. The molecule has 23 heavy (non-hydrogen) atoms. The minimum absolute atomic E-state index is 0. The van der Waals surface area contributed by atoms with Gasteiger partial charge in [0.05, 0.1) is 6.54 Å².